The molecular weight excluding hydrogens is 365 g/mol. The van der Waals surface area contributed by atoms with Crippen LogP contribution in [0.25, 0.3) is 11.0 Å². The molecule has 0 spiro atoms. The van der Waals surface area contributed by atoms with E-state index >= 15 is 0 Å². The van der Waals surface area contributed by atoms with Crippen molar-refractivity contribution in [3.05, 3.63) is 52.9 Å². The normalized spacial score (nSPS) is 18.0. The van der Waals surface area contributed by atoms with Crippen LogP contribution in [0.15, 0.2) is 36.5 Å². The molecule has 4 rings (SSSR count). The van der Waals surface area contributed by atoms with Gasteiger partial charge in [0.1, 0.15) is 11.6 Å². The lowest BCUT2D eigenvalue weighted by atomic mass is 10.2. The Labute approximate surface area is 153 Å². The summed E-state index contributed by atoms with van der Waals surface area (Å²) >= 11 is 6.16. The van der Waals surface area contributed by atoms with Crippen molar-refractivity contribution in [2.75, 3.05) is 11.4 Å². The average molecular weight is 381 g/mol. The molecule has 1 aliphatic heterocycles. The Morgan fingerprint density at radius 1 is 1.23 bits per heavy atom. The van der Waals surface area contributed by atoms with Crippen molar-refractivity contribution in [1.29, 1.82) is 0 Å². The predicted octanol–water partition coefficient (Wildman–Crippen LogP) is 4.98. The Kier molecular flexibility index (Phi) is 4.06. The van der Waals surface area contributed by atoms with Crippen molar-refractivity contribution in [3.63, 3.8) is 0 Å². The molecule has 1 aromatic carbocycles. The minimum absolute atomic E-state index is 0.00508. The first-order valence-corrected chi connectivity index (χ1v) is 8.65. The van der Waals surface area contributed by atoms with Crippen LogP contribution in [0.1, 0.15) is 30.3 Å². The molecule has 1 aliphatic rings. The van der Waals surface area contributed by atoms with E-state index < -0.39 is 11.7 Å². The van der Waals surface area contributed by atoms with Crippen molar-refractivity contribution in [3.8, 4) is 0 Å². The number of rotatable bonds is 2. The molecule has 8 heteroatoms. The summed E-state index contributed by atoms with van der Waals surface area (Å²) in [6.45, 7) is 0.673. The van der Waals surface area contributed by atoms with Crippen LogP contribution in [0, 0.1) is 0 Å². The van der Waals surface area contributed by atoms with Gasteiger partial charge in [-0.25, -0.2) is 9.97 Å². The van der Waals surface area contributed by atoms with Crippen molar-refractivity contribution in [2.45, 2.75) is 25.1 Å². The summed E-state index contributed by atoms with van der Waals surface area (Å²) < 4.78 is 40.6. The smallest absolute Gasteiger partial charge is 0.345 e. The minimum atomic E-state index is -4.46. The number of aromatic nitrogens is 3. The molecule has 26 heavy (non-hydrogen) atoms. The number of nitrogens with zero attached hydrogens (tertiary/aromatic N) is 4. The first kappa shape index (κ1) is 17.1. The van der Waals surface area contributed by atoms with Crippen molar-refractivity contribution in [1.82, 2.24) is 14.5 Å². The van der Waals surface area contributed by atoms with Gasteiger partial charge in [-0.3, -0.25) is 0 Å². The number of anilines is 1. The van der Waals surface area contributed by atoms with Crippen molar-refractivity contribution >= 4 is 28.5 Å². The van der Waals surface area contributed by atoms with E-state index in [-0.39, 0.29) is 11.1 Å². The Morgan fingerprint density at radius 3 is 2.69 bits per heavy atom. The van der Waals surface area contributed by atoms with E-state index in [4.69, 9.17) is 16.6 Å². The highest BCUT2D eigenvalue weighted by atomic mass is 35.5. The second kappa shape index (κ2) is 6.16. The highest BCUT2D eigenvalue weighted by molar-refractivity contribution is 6.33. The second-order valence-electron chi connectivity index (χ2n) is 6.40. The molecule has 0 amide bonds. The van der Waals surface area contributed by atoms with Gasteiger partial charge in [-0.2, -0.15) is 13.2 Å². The number of alkyl halides is 3. The number of hydrogen-bond donors (Lipinski definition) is 0. The molecule has 0 radical (unpaired) electrons. The van der Waals surface area contributed by atoms with Crippen molar-refractivity contribution < 1.29 is 13.2 Å². The molecule has 3 aromatic rings. The third kappa shape index (κ3) is 2.80. The number of hydrogen-bond acceptors (Lipinski definition) is 3. The molecule has 1 atom stereocenters. The fourth-order valence-corrected chi connectivity index (χ4v) is 3.82. The van der Waals surface area contributed by atoms with Gasteiger partial charge in [0.2, 0.25) is 0 Å². The summed E-state index contributed by atoms with van der Waals surface area (Å²) in [5.41, 5.74) is 1.06. The molecule has 0 saturated carbocycles. The Hall–Kier alpha value is -2.28. The maximum Gasteiger partial charge on any atom is 0.417 e. The van der Waals surface area contributed by atoms with Gasteiger partial charge in [0, 0.05) is 19.8 Å². The number of benzene rings is 1. The van der Waals surface area contributed by atoms with E-state index in [1.54, 1.807) is 0 Å². The van der Waals surface area contributed by atoms with Gasteiger partial charge in [-0.05, 0) is 31.0 Å². The first-order valence-electron chi connectivity index (χ1n) is 8.27. The van der Waals surface area contributed by atoms with Gasteiger partial charge < -0.3 is 9.47 Å². The van der Waals surface area contributed by atoms with Gasteiger partial charge in [-0.1, -0.05) is 23.7 Å². The molecule has 1 unspecified atom stereocenters. The van der Waals surface area contributed by atoms with Gasteiger partial charge in [0.25, 0.3) is 0 Å². The predicted molar refractivity (Wildman–Crippen MR) is 94.3 cm³/mol. The largest absolute Gasteiger partial charge is 0.417 e. The zero-order valence-corrected chi connectivity index (χ0v) is 14.7. The monoisotopic (exact) mass is 380 g/mol. The molecule has 136 valence electrons. The Balaban J connectivity index is 1.74. The SMILES string of the molecule is Cn1c(C2CCCN2c2ncc(C(F)(F)F)cc2Cl)nc2ccccc21. The lowest BCUT2D eigenvalue weighted by Crippen LogP contribution is -2.26. The van der Waals surface area contributed by atoms with Gasteiger partial charge in [0.05, 0.1) is 27.7 Å². The number of aryl methyl sites for hydroxylation is 1. The fraction of sp³-hybridized carbons (Fsp3) is 0.333. The summed E-state index contributed by atoms with van der Waals surface area (Å²) in [5.74, 6) is 1.23. The van der Waals surface area contributed by atoms with Crippen LogP contribution >= 0.6 is 11.6 Å². The van der Waals surface area contributed by atoms with Crippen LogP contribution < -0.4 is 4.90 Å². The summed E-state index contributed by atoms with van der Waals surface area (Å²) in [5, 5.41) is 0.00508. The lowest BCUT2D eigenvalue weighted by molar-refractivity contribution is -0.137. The molecule has 2 aromatic heterocycles. The average Bonchev–Trinajstić information content (AvgIpc) is 3.19. The molecule has 1 saturated heterocycles. The van der Waals surface area contributed by atoms with Crippen LogP contribution in [-0.2, 0) is 13.2 Å². The Morgan fingerprint density at radius 2 is 2.00 bits per heavy atom. The van der Waals surface area contributed by atoms with E-state index in [0.717, 1.165) is 42.0 Å². The number of pyridine rings is 1. The van der Waals surface area contributed by atoms with Gasteiger partial charge >= 0.3 is 6.18 Å². The zero-order valence-electron chi connectivity index (χ0n) is 14.0. The van der Waals surface area contributed by atoms with Gasteiger partial charge in [0.15, 0.2) is 0 Å². The highest BCUT2D eigenvalue weighted by Gasteiger charge is 2.35. The number of halogens is 4. The quantitative estimate of drug-likeness (QED) is 0.628. The van der Waals surface area contributed by atoms with Crippen LogP contribution in [-0.4, -0.2) is 21.1 Å². The van der Waals surface area contributed by atoms with Crippen LogP contribution in [0.4, 0.5) is 19.0 Å². The minimum Gasteiger partial charge on any atom is -0.345 e. The summed E-state index contributed by atoms with van der Waals surface area (Å²) in [6.07, 6.45) is -1.88. The summed E-state index contributed by atoms with van der Waals surface area (Å²) in [4.78, 5) is 10.7. The second-order valence-corrected chi connectivity index (χ2v) is 6.80. The molecule has 0 bridgehead atoms. The molecular formula is C18H16ClF3N4. The van der Waals surface area contributed by atoms with Crippen LogP contribution in [0.2, 0.25) is 5.02 Å². The summed E-state index contributed by atoms with van der Waals surface area (Å²) in [7, 11) is 1.95. The standard InChI is InChI=1S/C18H16ClF3N4/c1-25-14-6-3-2-5-13(14)24-17(25)15-7-4-8-26(15)16-12(19)9-11(10-23-16)18(20,21)22/h2-3,5-6,9-10,15H,4,7-8H2,1H3. The topological polar surface area (TPSA) is 34.0 Å². The van der Waals surface area contributed by atoms with E-state index in [1.165, 1.54) is 0 Å². The molecule has 0 aliphatic carbocycles. The maximum atomic E-state index is 12.9. The lowest BCUT2D eigenvalue weighted by Gasteiger charge is -2.26. The molecule has 3 heterocycles. The Bertz CT molecular complexity index is 967. The molecule has 1 fully saturated rings. The van der Waals surface area contributed by atoms with E-state index in [0.29, 0.717) is 12.4 Å². The summed E-state index contributed by atoms with van der Waals surface area (Å²) in [6, 6.07) is 8.69. The number of imidazole rings is 1. The zero-order chi connectivity index (χ0) is 18.5. The third-order valence-corrected chi connectivity index (χ3v) is 5.07. The van der Waals surface area contributed by atoms with Crippen LogP contribution in [0.3, 0.4) is 0 Å². The highest BCUT2D eigenvalue weighted by Crippen LogP contribution is 2.40. The maximum absolute atomic E-state index is 12.9. The molecule has 4 nitrogen and oxygen atoms in total. The van der Waals surface area contributed by atoms with Gasteiger partial charge in [-0.15, -0.1) is 0 Å². The van der Waals surface area contributed by atoms with E-state index in [9.17, 15) is 13.2 Å². The van der Waals surface area contributed by atoms with E-state index in [2.05, 4.69) is 4.98 Å². The molecule has 0 N–H and O–H groups in total. The first-order chi connectivity index (χ1) is 12.4. The van der Waals surface area contributed by atoms with Crippen molar-refractivity contribution in [2.24, 2.45) is 7.05 Å². The fourth-order valence-electron chi connectivity index (χ4n) is 3.55. The van der Waals surface area contributed by atoms with E-state index in [1.807, 2.05) is 40.8 Å². The van der Waals surface area contributed by atoms with Crippen LogP contribution in [0.5, 0.6) is 0 Å². The third-order valence-electron chi connectivity index (χ3n) is 4.79. The number of fused-ring (bicyclic) bond motifs is 1. The number of para-hydroxylation sites is 2.